The average molecular weight is 758 g/mol. The Kier molecular flexibility index (Phi) is 9.66. The molecule has 3 atom stereocenters. The number of rotatable bonds is 12. The van der Waals surface area contributed by atoms with Crippen LogP contribution in [0.15, 0.2) is 45.1 Å². The van der Waals surface area contributed by atoms with Crippen molar-refractivity contribution in [3.63, 3.8) is 0 Å². The van der Waals surface area contributed by atoms with Crippen LogP contribution in [0.3, 0.4) is 0 Å². The third-order valence-corrected chi connectivity index (χ3v) is 11.7. The van der Waals surface area contributed by atoms with E-state index in [1.807, 2.05) is 6.92 Å². The molecular weight excluding hydrogens is 721 g/mol. The number of carboxylic acids is 2. The Bertz CT molecular complexity index is 2110. The van der Waals surface area contributed by atoms with Gasteiger partial charge in [-0.2, -0.15) is 0 Å². The maximum atomic E-state index is 13.6. The maximum absolute atomic E-state index is 13.6. The van der Waals surface area contributed by atoms with E-state index in [9.17, 15) is 44.4 Å². The van der Waals surface area contributed by atoms with Gasteiger partial charge >= 0.3 is 11.9 Å². The van der Waals surface area contributed by atoms with Gasteiger partial charge in [-0.1, -0.05) is 5.16 Å². The van der Waals surface area contributed by atoms with E-state index in [2.05, 4.69) is 20.4 Å². The summed E-state index contributed by atoms with van der Waals surface area (Å²) in [5.74, 6) is -4.98. The number of aliphatic carboxylic acids is 2. The van der Waals surface area contributed by atoms with Gasteiger partial charge in [0.2, 0.25) is 5.60 Å². The van der Waals surface area contributed by atoms with Crippen LogP contribution < -0.4 is 16.6 Å². The van der Waals surface area contributed by atoms with E-state index in [1.165, 1.54) is 58.9 Å². The van der Waals surface area contributed by atoms with E-state index in [0.717, 1.165) is 37.3 Å². The molecule has 0 bridgehead atoms. The molecule has 0 aliphatic carbocycles. The highest BCUT2D eigenvalue weighted by Crippen LogP contribution is 2.45. The smallest absolute Gasteiger partial charge is 0.352 e. The van der Waals surface area contributed by atoms with E-state index in [4.69, 9.17) is 10.6 Å². The molecule has 2 amide bonds. The first-order chi connectivity index (χ1) is 24.5. The number of quaternary nitrogens is 1. The predicted octanol–water partition coefficient (Wildman–Crippen LogP) is 0.868. The maximum Gasteiger partial charge on any atom is 0.352 e. The molecule has 0 radical (unpaired) electrons. The zero-order valence-corrected chi connectivity index (χ0v) is 29.9. The molecular formula is C32H37N8O10S2+. The summed E-state index contributed by atoms with van der Waals surface area (Å²) in [6, 6.07) is 1.26. The number of aromatic nitrogens is 3. The number of nitrogens with one attached hydrogen (secondary N) is 1. The van der Waals surface area contributed by atoms with E-state index < -0.39 is 57.8 Å². The lowest BCUT2D eigenvalue weighted by atomic mass is 9.99. The van der Waals surface area contributed by atoms with Crippen molar-refractivity contribution < 1.29 is 48.9 Å². The highest BCUT2D eigenvalue weighted by molar-refractivity contribution is 8.00. The minimum atomic E-state index is -1.80. The molecule has 2 aromatic heterocycles. The first-order valence-corrected chi connectivity index (χ1v) is 18.1. The molecule has 276 valence electrons. The van der Waals surface area contributed by atoms with Crippen LogP contribution in [0.25, 0.3) is 10.9 Å². The molecule has 5 heterocycles. The van der Waals surface area contributed by atoms with Crippen molar-refractivity contribution in [3.05, 3.63) is 51.2 Å². The van der Waals surface area contributed by atoms with Crippen LogP contribution in [0.5, 0.6) is 11.5 Å². The number of nitrogens with zero attached hydrogens (tertiary/aromatic N) is 6. The average Bonchev–Trinajstić information content (AvgIpc) is 3.74. The van der Waals surface area contributed by atoms with Gasteiger partial charge in [-0.05, 0) is 26.8 Å². The lowest BCUT2D eigenvalue weighted by Gasteiger charge is -2.51. The zero-order chi connectivity index (χ0) is 37.7. The number of thiazole rings is 1. The second-order valence-electron chi connectivity index (χ2n) is 13.4. The molecule has 7 N–H and O–H groups in total. The van der Waals surface area contributed by atoms with E-state index in [0.29, 0.717) is 23.1 Å². The minimum Gasteiger partial charge on any atom is -0.504 e. The van der Waals surface area contributed by atoms with Crippen LogP contribution in [-0.2, 0) is 30.6 Å². The number of phenolic OH excluding ortho intramolecular Hbond substituents is 2. The van der Waals surface area contributed by atoms with Crippen molar-refractivity contribution in [2.24, 2.45) is 5.16 Å². The van der Waals surface area contributed by atoms with Crippen LogP contribution in [0.1, 0.15) is 39.3 Å². The Morgan fingerprint density at radius 2 is 1.85 bits per heavy atom. The fraction of sp³-hybridized carbons (Fsp3) is 0.438. The molecule has 3 aliphatic heterocycles. The standard InChI is InChI=1S/C32H36N8O10S2/c1-15-17(12-40(7-4-5-8-40)9-6-38-14-34-18-11-21(42)20(41)10-16(18)26(38)44)24(29(46)47)39-27(45)23(28(39)52-15)36-25(43)22(19-13-51-31(33)35-19)37-50-32(2,3)30(48)49/h10-11,13-15,23,28H,4-9,12H2,1-3H3,(H6-,33,35,36,37,41,42,43,44,46,47,48,49)/p+1/t15-,23+,28+/m0/s1. The van der Waals surface area contributed by atoms with E-state index in [1.54, 1.807) is 0 Å². The Morgan fingerprint density at radius 3 is 2.48 bits per heavy atom. The number of hydrogen-bond donors (Lipinski definition) is 6. The summed E-state index contributed by atoms with van der Waals surface area (Å²) in [6.07, 6.45) is 3.15. The third-order valence-electron chi connectivity index (χ3n) is 9.53. The molecule has 0 saturated carbocycles. The van der Waals surface area contributed by atoms with Crippen LogP contribution in [0.2, 0.25) is 0 Å². The normalized spacial score (nSPS) is 21.5. The second kappa shape index (κ2) is 13.7. The van der Waals surface area contributed by atoms with Gasteiger partial charge in [-0.3, -0.25) is 23.9 Å². The molecule has 2 saturated heterocycles. The molecule has 6 rings (SSSR count). The number of carboxylic acid groups (broad SMARTS) is 2. The number of nitrogens with two attached hydrogens (primary N) is 1. The van der Waals surface area contributed by atoms with Gasteiger partial charge in [0.15, 0.2) is 22.3 Å². The number of fused-ring (bicyclic) bond motifs is 2. The number of carbonyl (C=O) groups excluding carboxylic acids is 2. The topological polar surface area (TPSA) is 260 Å². The predicted molar refractivity (Wildman–Crippen MR) is 188 cm³/mol. The summed E-state index contributed by atoms with van der Waals surface area (Å²) in [5, 5.41) is 46.6. The number of amides is 2. The van der Waals surface area contributed by atoms with Crippen LogP contribution in [0, 0.1) is 0 Å². The summed E-state index contributed by atoms with van der Waals surface area (Å²) in [6.45, 7) is 6.79. The SMILES string of the molecule is C[C@@H]1S[C@@H]2[C@H](NC(=O)/C(=N\OC(C)(C)C(=O)O)c3csc(N)n3)C(=O)N2C(C(=O)O)=C1C[N+]1(CCn2cnc3cc(O)c(O)cc3c2=O)CCCC1. The monoisotopic (exact) mass is 757 g/mol. The molecule has 52 heavy (non-hydrogen) atoms. The Labute approximate surface area is 303 Å². The van der Waals surface area contributed by atoms with Gasteiger partial charge in [0.25, 0.3) is 17.4 Å². The van der Waals surface area contributed by atoms with E-state index >= 15 is 0 Å². The Hall–Kier alpha value is -5.21. The number of nitrogen functional groups attached to an aromatic ring is 1. The van der Waals surface area contributed by atoms with Crippen molar-refractivity contribution in [3.8, 4) is 11.5 Å². The molecule has 3 aliphatic rings. The zero-order valence-electron chi connectivity index (χ0n) is 28.3. The van der Waals surface area contributed by atoms with Crippen molar-refractivity contribution in [1.82, 2.24) is 24.8 Å². The number of oxime groups is 1. The molecule has 2 fully saturated rings. The van der Waals surface area contributed by atoms with Crippen molar-refractivity contribution >= 4 is 68.6 Å². The number of phenols is 2. The van der Waals surface area contributed by atoms with Gasteiger partial charge in [0.1, 0.15) is 29.4 Å². The number of benzene rings is 1. The van der Waals surface area contributed by atoms with Crippen LogP contribution in [-0.4, -0.2) is 122 Å². The molecule has 0 unspecified atom stereocenters. The van der Waals surface area contributed by atoms with E-state index in [-0.39, 0.29) is 45.0 Å². The minimum absolute atomic E-state index is 0.00157. The number of thioether (sulfide) groups is 1. The highest BCUT2D eigenvalue weighted by atomic mass is 32.2. The summed E-state index contributed by atoms with van der Waals surface area (Å²) >= 11 is 2.33. The lowest BCUT2D eigenvalue weighted by molar-refractivity contribution is -0.913. The van der Waals surface area contributed by atoms with Gasteiger partial charge in [-0.25, -0.2) is 19.6 Å². The van der Waals surface area contributed by atoms with Crippen molar-refractivity contribution in [2.75, 3.05) is 31.9 Å². The molecule has 18 nitrogen and oxygen atoms in total. The molecule has 20 heteroatoms. The molecule has 3 aromatic rings. The van der Waals surface area contributed by atoms with Crippen LogP contribution in [0.4, 0.5) is 5.13 Å². The largest absolute Gasteiger partial charge is 0.504 e. The highest BCUT2D eigenvalue weighted by Gasteiger charge is 2.57. The number of aromatic hydroxyl groups is 2. The van der Waals surface area contributed by atoms with Crippen LogP contribution >= 0.6 is 23.1 Å². The second-order valence-corrected chi connectivity index (χ2v) is 15.8. The number of likely N-dealkylation sites (tertiary alicyclic amines) is 1. The van der Waals surface area contributed by atoms with Gasteiger partial charge in [0.05, 0.1) is 43.4 Å². The Balaban J connectivity index is 1.23. The van der Waals surface area contributed by atoms with Gasteiger partial charge in [0, 0.05) is 35.1 Å². The summed E-state index contributed by atoms with van der Waals surface area (Å²) in [5.41, 5.74) is 3.79. The fourth-order valence-electron chi connectivity index (χ4n) is 6.56. The summed E-state index contributed by atoms with van der Waals surface area (Å²) in [4.78, 5) is 79.4. The van der Waals surface area contributed by atoms with Crippen molar-refractivity contribution in [2.45, 2.75) is 62.4 Å². The first-order valence-electron chi connectivity index (χ1n) is 16.2. The fourth-order valence-corrected chi connectivity index (χ4v) is 8.55. The first kappa shape index (κ1) is 36.6. The molecule has 0 spiro atoms. The number of hydrogen-bond acceptors (Lipinski definition) is 14. The number of carbonyl (C=O) groups is 4. The number of anilines is 1. The van der Waals surface area contributed by atoms with Gasteiger partial charge in [-0.15, -0.1) is 23.1 Å². The number of β-lactam (4-membered cyclic amide) rings is 1. The lowest BCUT2D eigenvalue weighted by Crippen LogP contribution is -2.71. The van der Waals surface area contributed by atoms with Crippen molar-refractivity contribution in [1.29, 1.82) is 0 Å². The Morgan fingerprint density at radius 1 is 1.15 bits per heavy atom. The quantitative estimate of drug-likeness (QED) is 0.0493. The summed E-state index contributed by atoms with van der Waals surface area (Å²) < 4.78 is 1.90. The van der Waals surface area contributed by atoms with Gasteiger partial charge < -0.3 is 40.8 Å². The summed E-state index contributed by atoms with van der Waals surface area (Å²) in [7, 11) is 0. The molecule has 1 aromatic carbocycles. The third kappa shape index (κ3) is 6.75.